The van der Waals surface area contributed by atoms with E-state index >= 15 is 0 Å². The van der Waals surface area contributed by atoms with Crippen molar-refractivity contribution in [1.29, 1.82) is 0 Å². The average Bonchev–Trinajstić information content (AvgIpc) is 2.38. The minimum Gasteiger partial charge on any atom is -0.484 e. The van der Waals surface area contributed by atoms with Crippen molar-refractivity contribution in [2.75, 3.05) is 13.2 Å². The van der Waals surface area contributed by atoms with Gasteiger partial charge < -0.3 is 15.2 Å². The lowest BCUT2D eigenvalue weighted by atomic mass is 10.1. The Morgan fingerprint density at radius 3 is 2.53 bits per heavy atom. The molecular formula is C14H19NO4. The van der Waals surface area contributed by atoms with Crippen molar-refractivity contribution >= 4 is 11.9 Å². The zero-order valence-corrected chi connectivity index (χ0v) is 11.0. The molecule has 0 aliphatic rings. The number of nitrogens with one attached hydrogen (secondary N) is 1. The highest BCUT2D eigenvalue weighted by atomic mass is 16.5. The standard InChI is InChI=1S/C14H19NO4/c1-2-3-11-4-6-12(7-5-11)19-10-13(16)15-9-8-14(17)18/h4-7H,2-3,8-10H2,1H3,(H,15,16)(H,17,18). The number of hydrogen-bond acceptors (Lipinski definition) is 3. The predicted octanol–water partition coefficient (Wildman–Crippen LogP) is 1.61. The first kappa shape index (κ1) is 15.0. The zero-order valence-electron chi connectivity index (χ0n) is 11.0. The summed E-state index contributed by atoms with van der Waals surface area (Å²) < 4.78 is 5.30. The Morgan fingerprint density at radius 2 is 1.95 bits per heavy atom. The van der Waals surface area contributed by atoms with E-state index in [1.165, 1.54) is 5.56 Å². The number of carbonyl (C=O) groups is 2. The van der Waals surface area contributed by atoms with Crippen LogP contribution in [0.4, 0.5) is 0 Å². The number of amides is 1. The highest BCUT2D eigenvalue weighted by Crippen LogP contribution is 2.13. The third kappa shape index (κ3) is 6.45. The molecule has 0 saturated carbocycles. The molecule has 0 heterocycles. The number of ether oxygens (including phenoxy) is 1. The molecule has 0 atom stereocenters. The van der Waals surface area contributed by atoms with Crippen molar-refractivity contribution in [2.45, 2.75) is 26.2 Å². The number of carboxylic acids is 1. The Morgan fingerprint density at radius 1 is 1.26 bits per heavy atom. The summed E-state index contributed by atoms with van der Waals surface area (Å²) in [7, 11) is 0. The average molecular weight is 265 g/mol. The molecule has 104 valence electrons. The molecule has 0 aromatic heterocycles. The van der Waals surface area contributed by atoms with Crippen molar-refractivity contribution in [3.8, 4) is 5.75 Å². The Labute approximate surface area is 112 Å². The molecular weight excluding hydrogens is 246 g/mol. The Kier molecular flexibility index (Phi) is 6.43. The molecule has 1 aromatic carbocycles. The fraction of sp³-hybridized carbons (Fsp3) is 0.429. The van der Waals surface area contributed by atoms with E-state index in [2.05, 4.69) is 12.2 Å². The van der Waals surface area contributed by atoms with Gasteiger partial charge in [0.1, 0.15) is 5.75 Å². The number of carbonyl (C=O) groups excluding carboxylic acids is 1. The van der Waals surface area contributed by atoms with Gasteiger partial charge in [-0.3, -0.25) is 9.59 Å². The summed E-state index contributed by atoms with van der Waals surface area (Å²) in [5, 5.41) is 10.9. The van der Waals surface area contributed by atoms with Gasteiger partial charge in [0.25, 0.3) is 5.91 Å². The molecule has 0 aliphatic heterocycles. The zero-order chi connectivity index (χ0) is 14.1. The van der Waals surface area contributed by atoms with Crippen LogP contribution in [0.1, 0.15) is 25.3 Å². The second-order valence-electron chi connectivity index (χ2n) is 4.18. The van der Waals surface area contributed by atoms with Gasteiger partial charge >= 0.3 is 5.97 Å². The van der Waals surface area contributed by atoms with Gasteiger partial charge in [-0.05, 0) is 24.1 Å². The van der Waals surface area contributed by atoms with Gasteiger partial charge in [-0.15, -0.1) is 0 Å². The molecule has 5 heteroatoms. The van der Waals surface area contributed by atoms with Gasteiger partial charge in [-0.1, -0.05) is 25.5 Å². The molecule has 0 aliphatic carbocycles. The fourth-order valence-electron chi connectivity index (χ4n) is 1.55. The first-order chi connectivity index (χ1) is 9.11. The lowest BCUT2D eigenvalue weighted by Crippen LogP contribution is -2.30. The Hall–Kier alpha value is -2.04. The molecule has 0 saturated heterocycles. The summed E-state index contributed by atoms with van der Waals surface area (Å²) in [5.41, 5.74) is 1.24. The number of aryl methyl sites for hydroxylation is 1. The molecule has 1 rings (SSSR count). The molecule has 1 aromatic rings. The fourth-order valence-corrected chi connectivity index (χ4v) is 1.55. The first-order valence-corrected chi connectivity index (χ1v) is 6.32. The maximum atomic E-state index is 11.3. The molecule has 0 bridgehead atoms. The molecule has 0 radical (unpaired) electrons. The molecule has 2 N–H and O–H groups in total. The van der Waals surface area contributed by atoms with E-state index in [-0.39, 0.29) is 25.5 Å². The van der Waals surface area contributed by atoms with Crippen molar-refractivity contribution in [2.24, 2.45) is 0 Å². The number of aliphatic carboxylic acids is 1. The predicted molar refractivity (Wildman–Crippen MR) is 71.2 cm³/mol. The van der Waals surface area contributed by atoms with Crippen LogP contribution in [-0.4, -0.2) is 30.1 Å². The SMILES string of the molecule is CCCc1ccc(OCC(=O)NCCC(=O)O)cc1. The maximum Gasteiger partial charge on any atom is 0.305 e. The monoisotopic (exact) mass is 265 g/mol. The van der Waals surface area contributed by atoms with E-state index in [1.54, 1.807) is 0 Å². The van der Waals surface area contributed by atoms with Gasteiger partial charge in [-0.2, -0.15) is 0 Å². The van der Waals surface area contributed by atoms with Crippen LogP contribution in [0.3, 0.4) is 0 Å². The summed E-state index contributed by atoms with van der Waals surface area (Å²) in [4.78, 5) is 21.6. The van der Waals surface area contributed by atoms with Crippen LogP contribution in [0.2, 0.25) is 0 Å². The smallest absolute Gasteiger partial charge is 0.305 e. The lowest BCUT2D eigenvalue weighted by Gasteiger charge is -2.07. The minimum atomic E-state index is -0.937. The van der Waals surface area contributed by atoms with Gasteiger partial charge in [-0.25, -0.2) is 0 Å². The Balaban J connectivity index is 2.27. The van der Waals surface area contributed by atoms with Crippen molar-refractivity contribution in [3.63, 3.8) is 0 Å². The third-order valence-corrected chi connectivity index (χ3v) is 2.49. The van der Waals surface area contributed by atoms with Crippen LogP contribution < -0.4 is 10.1 Å². The van der Waals surface area contributed by atoms with E-state index < -0.39 is 5.97 Å². The summed E-state index contributed by atoms with van der Waals surface area (Å²) >= 11 is 0. The van der Waals surface area contributed by atoms with Crippen LogP contribution in [0.25, 0.3) is 0 Å². The molecule has 0 unspecified atom stereocenters. The van der Waals surface area contributed by atoms with Gasteiger partial charge in [0.05, 0.1) is 6.42 Å². The van der Waals surface area contributed by atoms with Crippen LogP contribution in [-0.2, 0) is 16.0 Å². The van der Waals surface area contributed by atoms with Crippen LogP contribution >= 0.6 is 0 Å². The van der Waals surface area contributed by atoms with Gasteiger partial charge in [0.15, 0.2) is 6.61 Å². The first-order valence-electron chi connectivity index (χ1n) is 6.32. The summed E-state index contributed by atoms with van der Waals surface area (Å²) in [6.07, 6.45) is 2.03. The number of carboxylic acid groups (broad SMARTS) is 1. The molecule has 19 heavy (non-hydrogen) atoms. The summed E-state index contributed by atoms with van der Waals surface area (Å²) in [6.45, 7) is 2.13. The van der Waals surface area contributed by atoms with E-state index in [4.69, 9.17) is 9.84 Å². The van der Waals surface area contributed by atoms with Crippen molar-refractivity contribution in [1.82, 2.24) is 5.32 Å². The highest BCUT2D eigenvalue weighted by Gasteiger charge is 2.03. The highest BCUT2D eigenvalue weighted by molar-refractivity contribution is 5.78. The van der Waals surface area contributed by atoms with Crippen molar-refractivity contribution < 1.29 is 19.4 Å². The topological polar surface area (TPSA) is 75.6 Å². The minimum absolute atomic E-state index is 0.0859. The van der Waals surface area contributed by atoms with E-state index in [9.17, 15) is 9.59 Å². The number of rotatable bonds is 8. The quantitative estimate of drug-likeness (QED) is 0.748. The van der Waals surface area contributed by atoms with E-state index in [0.29, 0.717) is 5.75 Å². The molecule has 0 spiro atoms. The third-order valence-electron chi connectivity index (χ3n) is 2.49. The normalized spacial score (nSPS) is 9.95. The van der Waals surface area contributed by atoms with Crippen LogP contribution in [0, 0.1) is 0 Å². The lowest BCUT2D eigenvalue weighted by molar-refractivity contribution is -0.137. The molecule has 1 amide bonds. The van der Waals surface area contributed by atoms with Gasteiger partial charge in [0.2, 0.25) is 0 Å². The Bertz CT molecular complexity index is 414. The summed E-state index contributed by atoms with van der Waals surface area (Å²) in [5.74, 6) is -0.625. The second-order valence-corrected chi connectivity index (χ2v) is 4.18. The molecule has 5 nitrogen and oxygen atoms in total. The number of benzene rings is 1. The summed E-state index contributed by atoms with van der Waals surface area (Å²) in [6, 6.07) is 7.60. The van der Waals surface area contributed by atoms with E-state index in [0.717, 1.165) is 12.8 Å². The van der Waals surface area contributed by atoms with E-state index in [1.807, 2.05) is 24.3 Å². The largest absolute Gasteiger partial charge is 0.484 e. The number of hydrogen-bond donors (Lipinski definition) is 2. The van der Waals surface area contributed by atoms with Crippen LogP contribution in [0.15, 0.2) is 24.3 Å². The molecule has 0 fully saturated rings. The second kappa shape index (κ2) is 8.13. The maximum absolute atomic E-state index is 11.3. The van der Waals surface area contributed by atoms with Gasteiger partial charge in [0, 0.05) is 6.54 Å². The van der Waals surface area contributed by atoms with Crippen molar-refractivity contribution in [3.05, 3.63) is 29.8 Å². The van der Waals surface area contributed by atoms with Crippen LogP contribution in [0.5, 0.6) is 5.75 Å².